The van der Waals surface area contributed by atoms with E-state index in [2.05, 4.69) is 54.9 Å². The molecule has 0 spiro atoms. The smallest absolute Gasteiger partial charge is 0.337 e. The minimum Gasteiger partial charge on any atom is -0.492 e. The Balaban J connectivity index is 1.55. The Morgan fingerprint density at radius 3 is 2.17 bits per heavy atom. The number of rotatable bonds is 13. The fourth-order valence-corrected chi connectivity index (χ4v) is 4.91. The van der Waals surface area contributed by atoms with E-state index in [-0.39, 0.29) is 18.5 Å². The molecule has 0 radical (unpaired) electrons. The maximum atomic E-state index is 12.7. The number of nitrogens with zero attached hydrogens (tertiary/aromatic N) is 2. The summed E-state index contributed by atoms with van der Waals surface area (Å²) < 4.78 is 17.6. The van der Waals surface area contributed by atoms with Crippen molar-refractivity contribution in [2.45, 2.75) is 33.6 Å². The van der Waals surface area contributed by atoms with Crippen molar-refractivity contribution in [3.8, 4) is 11.5 Å². The van der Waals surface area contributed by atoms with Gasteiger partial charge in [0.2, 0.25) is 0 Å². The molecule has 0 bridgehead atoms. The molecule has 0 fully saturated rings. The van der Waals surface area contributed by atoms with Crippen LogP contribution in [0.25, 0.3) is 0 Å². The lowest BCUT2D eigenvalue weighted by atomic mass is 9.81. The van der Waals surface area contributed by atoms with Crippen LogP contribution in [0.5, 0.6) is 11.5 Å². The molecule has 1 atom stereocenters. The number of carbonyl (C=O) groups is 1. The summed E-state index contributed by atoms with van der Waals surface area (Å²) in [5, 5.41) is 3.43. The fourth-order valence-electron chi connectivity index (χ4n) is 4.91. The molecule has 0 saturated heterocycles. The summed E-state index contributed by atoms with van der Waals surface area (Å²) in [7, 11) is 0. The minimum atomic E-state index is -0.263. The van der Waals surface area contributed by atoms with Crippen LogP contribution in [-0.4, -0.2) is 74.9 Å². The van der Waals surface area contributed by atoms with Crippen LogP contribution in [-0.2, 0) is 9.53 Å². The Hall–Kier alpha value is -3.03. The van der Waals surface area contributed by atoms with Crippen molar-refractivity contribution in [1.82, 2.24) is 9.80 Å². The lowest BCUT2D eigenvalue weighted by Crippen LogP contribution is -2.28. The molecule has 2 aromatic rings. The molecule has 2 aliphatic heterocycles. The third-order valence-corrected chi connectivity index (χ3v) is 7.14. The number of fused-ring (bicyclic) bond motifs is 1. The van der Waals surface area contributed by atoms with Gasteiger partial charge in [-0.2, -0.15) is 0 Å². The molecule has 0 saturated carbocycles. The zero-order valence-electron chi connectivity index (χ0n) is 22.0. The highest BCUT2D eigenvalue weighted by atomic mass is 16.5. The average molecular weight is 494 g/mol. The first-order chi connectivity index (χ1) is 17.6. The third-order valence-electron chi connectivity index (χ3n) is 7.14. The van der Waals surface area contributed by atoms with Gasteiger partial charge in [-0.3, -0.25) is 0 Å². The van der Waals surface area contributed by atoms with E-state index < -0.39 is 0 Å². The van der Waals surface area contributed by atoms with E-state index in [0.717, 1.165) is 73.3 Å². The fraction of sp³-hybridized carbons (Fsp3) is 0.483. The van der Waals surface area contributed by atoms with Crippen molar-refractivity contribution in [2.75, 3.05) is 64.4 Å². The summed E-state index contributed by atoms with van der Waals surface area (Å²) in [6, 6.07) is 14.2. The number of hydrogen-bond donors (Lipinski definition) is 1. The van der Waals surface area contributed by atoms with E-state index in [9.17, 15) is 4.79 Å². The molecule has 2 aromatic carbocycles. The highest BCUT2D eigenvalue weighted by Crippen LogP contribution is 2.45. The number of esters is 1. The summed E-state index contributed by atoms with van der Waals surface area (Å²) in [5.74, 6) is 1.14. The molecule has 0 aliphatic carbocycles. The SMILES string of the molecule is CCN(CC)CCOc1cccc(C2C3=C(COC3=O)Nc3cc(OCCN(CC)CC)ccc32)c1. The molecule has 36 heavy (non-hydrogen) atoms. The minimum absolute atomic E-state index is 0.220. The van der Waals surface area contributed by atoms with Gasteiger partial charge in [0.25, 0.3) is 0 Å². The second-order valence-corrected chi connectivity index (χ2v) is 9.10. The van der Waals surface area contributed by atoms with Crippen molar-refractivity contribution < 1.29 is 19.0 Å². The zero-order valence-corrected chi connectivity index (χ0v) is 22.0. The van der Waals surface area contributed by atoms with Gasteiger partial charge in [0.1, 0.15) is 31.3 Å². The number of likely N-dealkylation sites (N-methyl/N-ethyl adjacent to an activating group) is 2. The lowest BCUT2D eigenvalue weighted by molar-refractivity contribution is -0.136. The van der Waals surface area contributed by atoms with Gasteiger partial charge in [0, 0.05) is 30.8 Å². The van der Waals surface area contributed by atoms with Crippen LogP contribution >= 0.6 is 0 Å². The largest absolute Gasteiger partial charge is 0.492 e. The van der Waals surface area contributed by atoms with Crippen LogP contribution in [0.15, 0.2) is 53.7 Å². The van der Waals surface area contributed by atoms with Gasteiger partial charge in [-0.1, -0.05) is 45.9 Å². The van der Waals surface area contributed by atoms with E-state index >= 15 is 0 Å². The predicted molar refractivity (Wildman–Crippen MR) is 143 cm³/mol. The molecular formula is C29H39N3O4. The first-order valence-corrected chi connectivity index (χ1v) is 13.2. The van der Waals surface area contributed by atoms with Crippen LogP contribution < -0.4 is 14.8 Å². The topological polar surface area (TPSA) is 63.3 Å². The maximum Gasteiger partial charge on any atom is 0.337 e. The molecule has 194 valence electrons. The number of nitrogens with one attached hydrogen (secondary N) is 1. The number of hydrogen-bond acceptors (Lipinski definition) is 7. The number of benzene rings is 2. The molecule has 2 heterocycles. The molecule has 2 aliphatic rings. The Kier molecular flexibility index (Phi) is 8.88. The first kappa shape index (κ1) is 26.0. The summed E-state index contributed by atoms with van der Waals surface area (Å²) in [6.07, 6.45) is 0. The summed E-state index contributed by atoms with van der Waals surface area (Å²) >= 11 is 0. The number of carbonyl (C=O) groups excluding carboxylic acids is 1. The molecule has 7 nitrogen and oxygen atoms in total. The first-order valence-electron chi connectivity index (χ1n) is 13.2. The Labute approximate surface area is 215 Å². The van der Waals surface area contributed by atoms with E-state index in [1.807, 2.05) is 30.3 Å². The number of anilines is 1. The van der Waals surface area contributed by atoms with E-state index in [1.54, 1.807) is 0 Å². The van der Waals surface area contributed by atoms with Crippen molar-refractivity contribution in [3.63, 3.8) is 0 Å². The number of ether oxygens (including phenoxy) is 3. The molecule has 1 N–H and O–H groups in total. The van der Waals surface area contributed by atoms with Crippen molar-refractivity contribution >= 4 is 11.7 Å². The summed E-state index contributed by atoms with van der Waals surface area (Å²) in [4.78, 5) is 17.4. The van der Waals surface area contributed by atoms with Gasteiger partial charge in [-0.25, -0.2) is 4.79 Å². The van der Waals surface area contributed by atoms with E-state index in [0.29, 0.717) is 18.8 Å². The van der Waals surface area contributed by atoms with Crippen molar-refractivity contribution in [1.29, 1.82) is 0 Å². The van der Waals surface area contributed by atoms with Crippen LogP contribution in [0.3, 0.4) is 0 Å². The second-order valence-electron chi connectivity index (χ2n) is 9.10. The highest BCUT2D eigenvalue weighted by molar-refractivity contribution is 5.97. The zero-order chi connectivity index (χ0) is 25.5. The van der Waals surface area contributed by atoms with Gasteiger partial charge in [-0.15, -0.1) is 0 Å². The standard InChI is InChI=1S/C29H39N3O4/c1-5-31(6-2)14-16-34-22-11-9-10-21(18-22)27-24-13-12-23(35-17-15-32(7-3)8-4)19-25(24)30-26-20-36-29(33)28(26)27/h9-13,18-19,27,30H,5-8,14-17,20H2,1-4H3. The quantitative estimate of drug-likeness (QED) is 0.412. The third kappa shape index (κ3) is 5.85. The normalized spacial score (nSPS) is 16.6. The van der Waals surface area contributed by atoms with E-state index in [4.69, 9.17) is 14.2 Å². The monoisotopic (exact) mass is 493 g/mol. The predicted octanol–water partition coefficient (Wildman–Crippen LogP) is 4.50. The maximum absolute atomic E-state index is 12.7. The number of cyclic esters (lactones) is 1. The Morgan fingerprint density at radius 1 is 0.889 bits per heavy atom. The van der Waals surface area contributed by atoms with Crippen LogP contribution in [0.2, 0.25) is 0 Å². The molecule has 7 heteroatoms. The van der Waals surface area contributed by atoms with Gasteiger partial charge in [0.05, 0.1) is 11.3 Å². The van der Waals surface area contributed by atoms with Gasteiger partial charge in [-0.05, 0) is 55.5 Å². The van der Waals surface area contributed by atoms with Gasteiger partial charge < -0.3 is 29.3 Å². The molecular weight excluding hydrogens is 454 g/mol. The lowest BCUT2D eigenvalue weighted by Gasteiger charge is -2.28. The molecule has 1 unspecified atom stereocenters. The van der Waals surface area contributed by atoms with Crippen molar-refractivity contribution in [2.24, 2.45) is 0 Å². The van der Waals surface area contributed by atoms with Crippen LogP contribution in [0.4, 0.5) is 5.69 Å². The van der Waals surface area contributed by atoms with Gasteiger partial charge >= 0.3 is 5.97 Å². The Bertz CT molecular complexity index is 1080. The van der Waals surface area contributed by atoms with Crippen molar-refractivity contribution in [3.05, 3.63) is 64.9 Å². The summed E-state index contributed by atoms with van der Waals surface area (Å²) in [5.41, 5.74) is 4.50. The molecule has 0 amide bonds. The van der Waals surface area contributed by atoms with Crippen LogP contribution in [0.1, 0.15) is 44.7 Å². The Morgan fingerprint density at radius 2 is 1.53 bits per heavy atom. The second kappa shape index (κ2) is 12.3. The van der Waals surface area contributed by atoms with Crippen LogP contribution in [0, 0.1) is 0 Å². The van der Waals surface area contributed by atoms with E-state index in [1.165, 1.54) is 0 Å². The summed E-state index contributed by atoms with van der Waals surface area (Å²) in [6.45, 7) is 16.0. The molecule has 4 rings (SSSR count). The van der Waals surface area contributed by atoms with Gasteiger partial charge in [0.15, 0.2) is 0 Å². The average Bonchev–Trinajstić information content (AvgIpc) is 3.27. The highest BCUT2D eigenvalue weighted by Gasteiger charge is 2.38. The molecule has 0 aromatic heterocycles.